The van der Waals surface area contributed by atoms with Gasteiger partial charge in [0.2, 0.25) is 0 Å². The second-order valence-corrected chi connectivity index (χ2v) is 4.76. The van der Waals surface area contributed by atoms with Gasteiger partial charge >= 0.3 is 5.97 Å². The molecule has 1 heterocycles. The number of hydrogen-bond acceptors (Lipinski definition) is 5. The van der Waals surface area contributed by atoms with Crippen molar-refractivity contribution >= 4 is 39.1 Å². The molecule has 9 heteroatoms. The van der Waals surface area contributed by atoms with Gasteiger partial charge in [0.15, 0.2) is 0 Å². The largest absolute Gasteiger partial charge is 0.478 e. The maximum atomic E-state index is 13.5. The van der Waals surface area contributed by atoms with Crippen LogP contribution in [0.5, 0.6) is 0 Å². The first-order chi connectivity index (χ1) is 9.88. The Morgan fingerprint density at radius 3 is 2.67 bits per heavy atom. The van der Waals surface area contributed by atoms with Crippen molar-refractivity contribution in [3.8, 4) is 0 Å². The Kier molecular flexibility index (Phi) is 4.13. The number of pyridine rings is 1. The van der Waals surface area contributed by atoms with Crippen LogP contribution < -0.4 is 5.32 Å². The second kappa shape index (κ2) is 5.83. The molecule has 7 nitrogen and oxygen atoms in total. The highest BCUT2D eigenvalue weighted by Crippen LogP contribution is 2.27. The molecule has 0 unspecified atom stereocenters. The van der Waals surface area contributed by atoms with E-state index in [1.807, 2.05) is 0 Å². The summed E-state index contributed by atoms with van der Waals surface area (Å²) in [6, 6.07) is 4.72. The molecule has 2 N–H and O–H groups in total. The van der Waals surface area contributed by atoms with Crippen molar-refractivity contribution in [3.63, 3.8) is 0 Å². The minimum Gasteiger partial charge on any atom is -0.478 e. The Labute approximate surface area is 125 Å². The van der Waals surface area contributed by atoms with Crippen LogP contribution in [0.3, 0.4) is 0 Å². The summed E-state index contributed by atoms with van der Waals surface area (Å²) >= 11 is 3.11. The molecule has 0 aliphatic carbocycles. The van der Waals surface area contributed by atoms with E-state index >= 15 is 0 Å². The number of benzene rings is 1. The van der Waals surface area contributed by atoms with Crippen molar-refractivity contribution in [1.82, 2.24) is 4.98 Å². The number of anilines is 2. The van der Waals surface area contributed by atoms with Gasteiger partial charge in [0.25, 0.3) is 5.69 Å². The van der Waals surface area contributed by atoms with E-state index in [-0.39, 0.29) is 17.2 Å². The molecule has 0 aliphatic heterocycles. The third kappa shape index (κ3) is 3.31. The monoisotopic (exact) mass is 355 g/mol. The number of carboxylic acids is 1. The van der Waals surface area contributed by atoms with Crippen LogP contribution in [0, 0.1) is 15.9 Å². The second-order valence-electron chi connectivity index (χ2n) is 3.91. The third-order valence-electron chi connectivity index (χ3n) is 2.50. The van der Waals surface area contributed by atoms with Crippen molar-refractivity contribution in [1.29, 1.82) is 0 Å². The number of aromatic carboxylic acids is 1. The number of nitrogens with one attached hydrogen (secondary N) is 1. The fraction of sp³-hybridized carbons (Fsp3) is 0. The fourth-order valence-electron chi connectivity index (χ4n) is 1.52. The number of hydrogen-bond donors (Lipinski definition) is 2. The van der Waals surface area contributed by atoms with Crippen LogP contribution in [0.2, 0.25) is 0 Å². The number of carbonyl (C=O) groups is 1. The summed E-state index contributed by atoms with van der Waals surface area (Å²) in [4.78, 5) is 24.5. The smallest absolute Gasteiger partial charge is 0.338 e. The van der Waals surface area contributed by atoms with E-state index in [0.29, 0.717) is 4.47 Å². The molecule has 0 fully saturated rings. The zero-order valence-electron chi connectivity index (χ0n) is 10.2. The summed E-state index contributed by atoms with van der Waals surface area (Å²) < 4.78 is 13.9. The van der Waals surface area contributed by atoms with Crippen LogP contribution in [-0.4, -0.2) is 21.0 Å². The third-order valence-corrected chi connectivity index (χ3v) is 3.10. The van der Waals surface area contributed by atoms with E-state index in [9.17, 15) is 19.3 Å². The van der Waals surface area contributed by atoms with Gasteiger partial charge < -0.3 is 10.4 Å². The first-order valence-corrected chi connectivity index (χ1v) is 6.27. The number of nitro groups is 1. The van der Waals surface area contributed by atoms with Crippen molar-refractivity contribution in [2.24, 2.45) is 0 Å². The molecule has 2 aromatic rings. The molecule has 0 bridgehead atoms. The Balaban J connectivity index is 2.28. The van der Waals surface area contributed by atoms with Gasteiger partial charge in [-0.05, 0) is 34.1 Å². The molecule has 0 saturated carbocycles. The minimum absolute atomic E-state index is 0.195. The first-order valence-electron chi connectivity index (χ1n) is 5.48. The summed E-state index contributed by atoms with van der Waals surface area (Å²) in [5.74, 6) is -2.03. The van der Waals surface area contributed by atoms with Crippen molar-refractivity contribution in [3.05, 3.63) is 56.4 Å². The van der Waals surface area contributed by atoms with Gasteiger partial charge in [0.05, 0.1) is 15.0 Å². The van der Waals surface area contributed by atoms with Gasteiger partial charge in [-0.3, -0.25) is 10.1 Å². The lowest BCUT2D eigenvalue weighted by Gasteiger charge is -2.08. The summed E-state index contributed by atoms with van der Waals surface area (Å²) in [7, 11) is 0. The zero-order valence-corrected chi connectivity index (χ0v) is 11.8. The van der Waals surface area contributed by atoms with Gasteiger partial charge in [-0.1, -0.05) is 0 Å². The standard InChI is InChI=1S/C12H7BrFN3O4/c13-9-4-7(17(20)21)5-15-11(9)16-6-1-2-8(12(18)19)10(14)3-6/h1-5H,(H,15,16)(H,18,19). The molecule has 0 spiro atoms. The van der Waals surface area contributed by atoms with E-state index in [4.69, 9.17) is 5.11 Å². The molecule has 21 heavy (non-hydrogen) atoms. The molecular weight excluding hydrogens is 349 g/mol. The highest BCUT2D eigenvalue weighted by atomic mass is 79.9. The van der Waals surface area contributed by atoms with Gasteiger partial charge in [-0.15, -0.1) is 0 Å². The Hall–Kier alpha value is -2.55. The quantitative estimate of drug-likeness (QED) is 0.643. The van der Waals surface area contributed by atoms with Gasteiger partial charge in [0, 0.05) is 11.8 Å². The predicted octanol–water partition coefficient (Wildman–Crippen LogP) is 3.33. The van der Waals surface area contributed by atoms with Gasteiger partial charge in [0.1, 0.15) is 17.8 Å². The van der Waals surface area contributed by atoms with Crippen LogP contribution in [0.1, 0.15) is 10.4 Å². The summed E-state index contributed by atoms with van der Waals surface area (Å²) in [5, 5.41) is 22.0. The van der Waals surface area contributed by atoms with Crippen molar-refractivity contribution in [2.75, 3.05) is 5.32 Å². The van der Waals surface area contributed by atoms with Gasteiger partial charge in [-0.2, -0.15) is 0 Å². The first kappa shape index (κ1) is 14.9. The van der Waals surface area contributed by atoms with E-state index < -0.39 is 22.3 Å². The minimum atomic E-state index is -1.37. The van der Waals surface area contributed by atoms with Crippen LogP contribution in [0.15, 0.2) is 34.9 Å². The van der Waals surface area contributed by atoms with E-state index in [2.05, 4.69) is 26.2 Å². The molecular formula is C12H7BrFN3O4. The zero-order chi connectivity index (χ0) is 15.6. The maximum Gasteiger partial charge on any atom is 0.338 e. The van der Waals surface area contributed by atoms with Crippen LogP contribution >= 0.6 is 15.9 Å². The normalized spacial score (nSPS) is 10.2. The van der Waals surface area contributed by atoms with Crippen molar-refractivity contribution < 1.29 is 19.2 Å². The Bertz CT molecular complexity index is 738. The molecule has 1 aromatic carbocycles. The summed E-state index contributed by atoms with van der Waals surface area (Å²) in [6.45, 7) is 0. The van der Waals surface area contributed by atoms with Crippen LogP contribution in [0.4, 0.5) is 21.6 Å². The Morgan fingerprint density at radius 1 is 1.43 bits per heavy atom. The summed E-state index contributed by atoms with van der Waals surface area (Å²) in [6.07, 6.45) is 1.05. The average molecular weight is 356 g/mol. The molecule has 2 rings (SSSR count). The molecule has 0 saturated heterocycles. The van der Waals surface area contributed by atoms with Crippen LogP contribution in [0.25, 0.3) is 0 Å². The topological polar surface area (TPSA) is 105 Å². The van der Waals surface area contributed by atoms with Crippen LogP contribution in [-0.2, 0) is 0 Å². The van der Waals surface area contributed by atoms with Crippen molar-refractivity contribution in [2.45, 2.75) is 0 Å². The molecule has 0 amide bonds. The lowest BCUT2D eigenvalue weighted by atomic mass is 10.2. The maximum absolute atomic E-state index is 13.5. The number of rotatable bonds is 4. The highest BCUT2D eigenvalue weighted by Gasteiger charge is 2.13. The number of halogens is 2. The summed E-state index contributed by atoms with van der Waals surface area (Å²) in [5.41, 5.74) is -0.379. The lowest BCUT2D eigenvalue weighted by Crippen LogP contribution is -2.02. The highest BCUT2D eigenvalue weighted by molar-refractivity contribution is 9.10. The lowest BCUT2D eigenvalue weighted by molar-refractivity contribution is -0.385. The number of nitrogens with zero attached hydrogens (tertiary/aromatic N) is 2. The van der Waals surface area contributed by atoms with Gasteiger partial charge in [-0.25, -0.2) is 14.2 Å². The van der Waals surface area contributed by atoms with E-state index in [1.165, 1.54) is 12.1 Å². The molecule has 0 atom stereocenters. The Morgan fingerprint density at radius 2 is 2.14 bits per heavy atom. The fourth-order valence-corrected chi connectivity index (χ4v) is 1.96. The molecule has 108 valence electrons. The number of aromatic nitrogens is 1. The average Bonchev–Trinajstić information content (AvgIpc) is 2.40. The molecule has 1 aromatic heterocycles. The molecule has 0 aliphatic rings. The molecule has 0 radical (unpaired) electrons. The van der Waals surface area contributed by atoms with E-state index in [1.54, 1.807) is 0 Å². The predicted molar refractivity (Wildman–Crippen MR) is 75.2 cm³/mol. The number of carboxylic acid groups (broad SMARTS) is 1. The SMILES string of the molecule is O=C(O)c1ccc(Nc2ncc([N+](=O)[O-])cc2Br)cc1F. The van der Waals surface area contributed by atoms with E-state index in [0.717, 1.165) is 18.3 Å².